The molecule has 3 nitrogen and oxygen atoms in total. The lowest BCUT2D eigenvalue weighted by Crippen LogP contribution is -1.78. The van der Waals surface area contributed by atoms with E-state index in [0.717, 1.165) is 0 Å². The van der Waals surface area contributed by atoms with Crippen molar-refractivity contribution in [2.75, 3.05) is 0 Å². The van der Waals surface area contributed by atoms with Crippen LogP contribution >= 0.6 is 0 Å². The van der Waals surface area contributed by atoms with Crippen LogP contribution in [0.2, 0.25) is 0 Å². The molecule has 0 saturated carbocycles. The van der Waals surface area contributed by atoms with Gasteiger partial charge in [-0.2, -0.15) is 0 Å². The largest absolute Gasteiger partial charge is 0.354 e. The van der Waals surface area contributed by atoms with Crippen molar-refractivity contribution in [3.63, 3.8) is 0 Å². The normalized spacial score (nSPS) is 12.5. The first kappa shape index (κ1) is 16.1. The number of H-pyrrole nitrogens is 3. The summed E-state index contributed by atoms with van der Waals surface area (Å²) >= 11 is 0. The molecule has 0 spiro atoms. The van der Waals surface area contributed by atoms with E-state index < -0.39 is 0 Å². The Morgan fingerprint density at radius 2 is 0.933 bits per heavy atom. The molecule has 0 fully saturated rings. The van der Waals surface area contributed by atoms with Gasteiger partial charge in [0.05, 0.1) is 16.6 Å². The molecule has 0 unspecified atom stereocenters. The van der Waals surface area contributed by atoms with Crippen molar-refractivity contribution in [2.45, 2.75) is 20.8 Å². The fourth-order valence-corrected chi connectivity index (χ4v) is 5.26. The van der Waals surface area contributed by atoms with Crippen LogP contribution in [0.4, 0.5) is 0 Å². The second kappa shape index (κ2) is 5.25. The third kappa shape index (κ3) is 1.90. The van der Waals surface area contributed by atoms with Crippen molar-refractivity contribution >= 4 is 65.4 Å². The Morgan fingerprint density at radius 1 is 0.433 bits per heavy atom. The zero-order valence-electron chi connectivity index (χ0n) is 17.2. The van der Waals surface area contributed by atoms with Crippen molar-refractivity contribution in [3.8, 4) is 0 Å². The van der Waals surface area contributed by atoms with Crippen molar-refractivity contribution < 1.29 is 0 Å². The molecule has 0 amide bonds. The van der Waals surface area contributed by atoms with Gasteiger partial charge in [-0.15, -0.1) is 0 Å². The molecule has 4 aromatic carbocycles. The number of aryl methyl sites for hydroxylation is 3. The number of fused-ring (bicyclic) bond motifs is 12. The highest BCUT2D eigenvalue weighted by Gasteiger charge is 2.20. The Balaban J connectivity index is 1.90. The summed E-state index contributed by atoms with van der Waals surface area (Å²) in [6, 6.07) is 20.1. The van der Waals surface area contributed by atoms with Gasteiger partial charge in [-0.3, -0.25) is 0 Å². The van der Waals surface area contributed by atoms with E-state index in [1.165, 1.54) is 82.1 Å². The molecule has 7 rings (SSSR count). The summed E-state index contributed by atoms with van der Waals surface area (Å²) in [6.45, 7) is 6.48. The molecule has 0 radical (unpaired) electrons. The molecule has 3 aromatic heterocycles. The average molecular weight is 387 g/mol. The Kier molecular flexibility index (Phi) is 2.82. The zero-order valence-corrected chi connectivity index (χ0v) is 17.2. The Hall–Kier alpha value is -3.72. The SMILES string of the molecule is Cc1ccc2c(c1)[nH]c1c3[nH]c4ccc(C)cc4c3c3[nH]c4ccc(C)cc4c3c21. The van der Waals surface area contributed by atoms with Crippen molar-refractivity contribution in [3.05, 3.63) is 71.3 Å². The maximum atomic E-state index is 3.77. The van der Waals surface area contributed by atoms with E-state index in [-0.39, 0.29) is 0 Å². The summed E-state index contributed by atoms with van der Waals surface area (Å²) in [5.41, 5.74) is 11.0. The molecule has 30 heavy (non-hydrogen) atoms. The summed E-state index contributed by atoms with van der Waals surface area (Å²) in [5.74, 6) is 0. The van der Waals surface area contributed by atoms with E-state index in [0.29, 0.717) is 0 Å². The Morgan fingerprint density at radius 3 is 1.67 bits per heavy atom. The number of benzene rings is 4. The quantitative estimate of drug-likeness (QED) is 0.241. The maximum absolute atomic E-state index is 3.77. The van der Waals surface area contributed by atoms with Gasteiger partial charge < -0.3 is 15.0 Å². The van der Waals surface area contributed by atoms with Gasteiger partial charge in [-0.25, -0.2) is 0 Å². The molecule has 3 heterocycles. The second-order valence-electron chi connectivity index (χ2n) is 8.77. The third-order valence-corrected chi connectivity index (χ3v) is 6.61. The summed E-state index contributed by atoms with van der Waals surface area (Å²) in [7, 11) is 0. The standard InChI is InChI=1S/C27H21N3/c1-13-5-8-19-17(10-13)23-22-16-7-4-15(3)12-21(16)30-26(22)27-24(25(23)28-19)18-11-14(2)6-9-20(18)29-27/h4-12,28-30H,1-3H3. The fourth-order valence-electron chi connectivity index (χ4n) is 5.26. The highest BCUT2D eigenvalue weighted by Crippen LogP contribution is 2.44. The summed E-state index contributed by atoms with van der Waals surface area (Å²) in [5, 5.41) is 7.73. The van der Waals surface area contributed by atoms with Gasteiger partial charge in [0.2, 0.25) is 0 Å². The molecular weight excluding hydrogens is 366 g/mol. The molecule has 7 aromatic rings. The number of aromatic nitrogens is 3. The first-order chi connectivity index (χ1) is 14.6. The monoisotopic (exact) mass is 387 g/mol. The molecule has 0 aliphatic carbocycles. The van der Waals surface area contributed by atoms with Gasteiger partial charge in [-0.05, 0) is 56.7 Å². The number of rotatable bonds is 0. The lowest BCUT2D eigenvalue weighted by Gasteiger charge is -2.01. The van der Waals surface area contributed by atoms with Gasteiger partial charge in [0.15, 0.2) is 0 Å². The summed E-state index contributed by atoms with van der Waals surface area (Å²) < 4.78 is 0. The van der Waals surface area contributed by atoms with Crippen molar-refractivity contribution in [2.24, 2.45) is 0 Å². The van der Waals surface area contributed by atoms with E-state index in [4.69, 9.17) is 0 Å². The highest BCUT2D eigenvalue weighted by atomic mass is 14.8. The number of hydrogen-bond acceptors (Lipinski definition) is 0. The fraction of sp³-hybridized carbons (Fsp3) is 0.111. The molecule has 0 atom stereocenters. The molecule has 0 saturated heterocycles. The second-order valence-corrected chi connectivity index (χ2v) is 8.77. The van der Waals surface area contributed by atoms with Crippen LogP contribution in [0.3, 0.4) is 0 Å². The van der Waals surface area contributed by atoms with Crippen LogP contribution < -0.4 is 0 Å². The van der Waals surface area contributed by atoms with Crippen molar-refractivity contribution in [1.29, 1.82) is 0 Å². The first-order valence-electron chi connectivity index (χ1n) is 10.5. The van der Waals surface area contributed by atoms with Gasteiger partial charge in [-0.1, -0.05) is 35.4 Å². The maximum Gasteiger partial charge on any atom is 0.0732 e. The summed E-state index contributed by atoms with van der Waals surface area (Å²) in [6.07, 6.45) is 0. The van der Waals surface area contributed by atoms with Crippen LogP contribution in [0.25, 0.3) is 65.4 Å². The van der Waals surface area contributed by atoms with E-state index >= 15 is 0 Å². The smallest absolute Gasteiger partial charge is 0.0732 e. The highest BCUT2D eigenvalue weighted by molar-refractivity contribution is 6.39. The summed E-state index contributed by atoms with van der Waals surface area (Å²) in [4.78, 5) is 11.2. The zero-order chi connectivity index (χ0) is 20.1. The lowest BCUT2D eigenvalue weighted by atomic mass is 10.00. The average Bonchev–Trinajstić information content (AvgIpc) is 3.37. The molecular formula is C27H21N3. The van der Waals surface area contributed by atoms with Gasteiger partial charge in [0.25, 0.3) is 0 Å². The third-order valence-electron chi connectivity index (χ3n) is 6.61. The molecule has 0 aliphatic rings. The number of hydrogen-bond donors (Lipinski definition) is 3. The molecule has 3 heteroatoms. The minimum atomic E-state index is 1.18. The van der Waals surface area contributed by atoms with Crippen LogP contribution in [-0.2, 0) is 0 Å². The topological polar surface area (TPSA) is 47.4 Å². The number of nitrogens with one attached hydrogen (secondary N) is 3. The predicted molar refractivity (Wildman–Crippen MR) is 129 cm³/mol. The van der Waals surface area contributed by atoms with E-state index in [9.17, 15) is 0 Å². The minimum Gasteiger partial charge on any atom is -0.354 e. The van der Waals surface area contributed by atoms with Crippen LogP contribution in [0.15, 0.2) is 54.6 Å². The first-order valence-corrected chi connectivity index (χ1v) is 10.5. The predicted octanol–water partition coefficient (Wildman–Crippen LogP) is 7.52. The number of aromatic amines is 3. The Bertz CT molecular complexity index is 1820. The van der Waals surface area contributed by atoms with E-state index in [1.807, 2.05) is 0 Å². The Labute approximate surface area is 172 Å². The molecule has 144 valence electrons. The minimum absolute atomic E-state index is 1.18. The molecule has 3 N–H and O–H groups in total. The lowest BCUT2D eigenvalue weighted by molar-refractivity contribution is 1.46. The van der Waals surface area contributed by atoms with Crippen LogP contribution in [0, 0.1) is 20.8 Å². The van der Waals surface area contributed by atoms with Crippen LogP contribution in [0.1, 0.15) is 16.7 Å². The van der Waals surface area contributed by atoms with Gasteiger partial charge in [0.1, 0.15) is 0 Å². The molecule has 0 aliphatic heterocycles. The van der Waals surface area contributed by atoms with Gasteiger partial charge in [0, 0.05) is 48.9 Å². The van der Waals surface area contributed by atoms with Gasteiger partial charge >= 0.3 is 0 Å². The van der Waals surface area contributed by atoms with Crippen LogP contribution in [-0.4, -0.2) is 15.0 Å². The van der Waals surface area contributed by atoms with E-state index in [2.05, 4.69) is 90.3 Å². The van der Waals surface area contributed by atoms with Crippen LogP contribution in [0.5, 0.6) is 0 Å². The van der Waals surface area contributed by atoms with E-state index in [1.54, 1.807) is 0 Å². The van der Waals surface area contributed by atoms with Crippen molar-refractivity contribution in [1.82, 2.24) is 15.0 Å². The molecule has 0 bridgehead atoms.